The Morgan fingerprint density at radius 3 is 2.63 bits per heavy atom. The van der Waals surface area contributed by atoms with Crippen molar-refractivity contribution < 1.29 is 28.6 Å². The Morgan fingerprint density at radius 2 is 2.03 bits per heavy atom. The van der Waals surface area contributed by atoms with Crippen LogP contribution in [-0.2, 0) is 16.1 Å². The molecule has 0 radical (unpaired) electrons. The van der Waals surface area contributed by atoms with Gasteiger partial charge in [0.15, 0.2) is 0 Å². The molecule has 1 aromatic carbocycles. The van der Waals surface area contributed by atoms with Crippen molar-refractivity contribution in [2.24, 2.45) is 0 Å². The van der Waals surface area contributed by atoms with Gasteiger partial charge in [-0.25, -0.2) is 18.5 Å². The van der Waals surface area contributed by atoms with Crippen molar-refractivity contribution in [3.63, 3.8) is 0 Å². The van der Waals surface area contributed by atoms with Crippen LogP contribution in [0.1, 0.15) is 53.2 Å². The molecule has 1 amide bonds. The summed E-state index contributed by atoms with van der Waals surface area (Å²) < 4.78 is 27.4. The van der Waals surface area contributed by atoms with Gasteiger partial charge >= 0.3 is 11.7 Å². The SMILES string of the molecule is CCNC(=O)[C@H](C)n1c(=O)c2c(C)c(C(=O)O)sc2n(C[C@H](OCCC#N)c2cc(F)ccc2OC)c1=O. The number of aromatic nitrogens is 2. The largest absolute Gasteiger partial charge is 0.496 e. The number of likely N-dealkylation sites (N-methyl/N-ethyl adjacent to an activating group) is 1. The Morgan fingerprint density at radius 1 is 1.32 bits per heavy atom. The van der Waals surface area contributed by atoms with Crippen molar-refractivity contribution in [3.05, 3.63) is 60.9 Å². The Bertz CT molecular complexity index is 1540. The number of ether oxygens (including phenoxy) is 2. The molecule has 3 aromatic rings. The number of hydrogen-bond acceptors (Lipinski definition) is 8. The number of nitriles is 1. The van der Waals surface area contributed by atoms with Gasteiger partial charge in [-0.2, -0.15) is 5.26 Å². The van der Waals surface area contributed by atoms with Crippen LogP contribution in [0.25, 0.3) is 10.2 Å². The highest BCUT2D eigenvalue weighted by atomic mass is 32.1. The third kappa shape index (κ3) is 5.46. The van der Waals surface area contributed by atoms with Crippen LogP contribution in [0.3, 0.4) is 0 Å². The van der Waals surface area contributed by atoms with Crippen LogP contribution in [0.5, 0.6) is 5.75 Å². The minimum absolute atomic E-state index is 0.00738. The maximum atomic E-state index is 14.2. The first-order valence-corrected chi connectivity index (χ1v) is 12.5. The highest BCUT2D eigenvalue weighted by Gasteiger charge is 2.29. The fourth-order valence-electron chi connectivity index (χ4n) is 4.12. The van der Waals surface area contributed by atoms with Gasteiger partial charge in [-0.05, 0) is 44.5 Å². The molecule has 2 aromatic heterocycles. The zero-order chi connectivity index (χ0) is 28.1. The molecule has 2 heterocycles. The first-order chi connectivity index (χ1) is 18.1. The summed E-state index contributed by atoms with van der Waals surface area (Å²) >= 11 is 0.741. The molecule has 2 N–H and O–H groups in total. The third-order valence-corrected chi connectivity index (χ3v) is 7.28. The fourth-order valence-corrected chi connectivity index (χ4v) is 5.26. The number of hydrogen-bond donors (Lipinski definition) is 2. The summed E-state index contributed by atoms with van der Waals surface area (Å²) in [5.74, 6) is -2.19. The fraction of sp³-hybridized carbons (Fsp3) is 0.400. The van der Waals surface area contributed by atoms with Crippen molar-refractivity contribution in [2.75, 3.05) is 20.3 Å². The predicted molar refractivity (Wildman–Crippen MR) is 137 cm³/mol. The first-order valence-electron chi connectivity index (χ1n) is 11.7. The molecule has 0 fully saturated rings. The summed E-state index contributed by atoms with van der Waals surface area (Å²) in [5, 5.41) is 21.2. The molecule has 3 rings (SSSR count). The number of carbonyl (C=O) groups excluding carboxylic acids is 1. The predicted octanol–water partition coefficient (Wildman–Crippen LogP) is 2.75. The topological polar surface area (TPSA) is 153 Å². The molecule has 202 valence electrons. The average Bonchev–Trinajstić information content (AvgIpc) is 3.23. The van der Waals surface area contributed by atoms with Crippen LogP contribution in [0.2, 0.25) is 0 Å². The van der Waals surface area contributed by atoms with Crippen molar-refractivity contribution in [3.8, 4) is 11.8 Å². The maximum Gasteiger partial charge on any atom is 0.346 e. The summed E-state index contributed by atoms with van der Waals surface area (Å²) in [4.78, 5) is 51.6. The molecular formula is C25H27FN4O7S. The quantitative estimate of drug-likeness (QED) is 0.348. The number of aromatic carboxylic acids is 1. The Hall–Kier alpha value is -4.02. The van der Waals surface area contributed by atoms with Gasteiger partial charge in [0.2, 0.25) is 5.91 Å². The molecule has 0 aliphatic heterocycles. The van der Waals surface area contributed by atoms with E-state index >= 15 is 0 Å². The number of nitrogens with zero attached hydrogens (tertiary/aromatic N) is 3. The van der Waals surface area contributed by atoms with E-state index in [1.807, 2.05) is 6.07 Å². The summed E-state index contributed by atoms with van der Waals surface area (Å²) in [5.41, 5.74) is -1.28. The van der Waals surface area contributed by atoms with E-state index in [0.717, 1.165) is 20.5 Å². The number of carboxylic acids is 1. The van der Waals surface area contributed by atoms with E-state index in [1.54, 1.807) is 6.92 Å². The molecule has 0 aliphatic rings. The van der Waals surface area contributed by atoms with Gasteiger partial charge in [-0.3, -0.25) is 14.2 Å². The molecule has 2 atom stereocenters. The minimum atomic E-state index is -1.28. The molecule has 13 heteroatoms. The second kappa shape index (κ2) is 12.0. The standard InChI is InChI=1S/C25H27FN4O7S/c1-5-28-21(31)14(3)30-22(32)19-13(2)20(24(33)34)38-23(19)29(25(30)35)12-18(37-10-6-9-27)16-11-15(26)7-8-17(16)36-4/h7-8,11,14,18H,5-6,10,12H2,1-4H3,(H,28,31)(H,33,34)/t14-,18-/m0/s1. The Balaban J connectivity index is 2.33. The lowest BCUT2D eigenvalue weighted by atomic mass is 10.1. The van der Waals surface area contributed by atoms with Gasteiger partial charge in [0.05, 0.1) is 38.1 Å². The van der Waals surface area contributed by atoms with Crippen LogP contribution >= 0.6 is 11.3 Å². The normalized spacial score (nSPS) is 12.6. The maximum absolute atomic E-state index is 14.2. The molecular weight excluding hydrogens is 519 g/mol. The van der Waals surface area contributed by atoms with E-state index in [2.05, 4.69) is 5.32 Å². The number of halogens is 1. The van der Waals surface area contributed by atoms with E-state index in [-0.39, 0.29) is 58.1 Å². The summed E-state index contributed by atoms with van der Waals surface area (Å²) in [6, 6.07) is 4.49. The third-order valence-electron chi connectivity index (χ3n) is 5.97. The van der Waals surface area contributed by atoms with E-state index in [4.69, 9.17) is 14.7 Å². The molecule has 0 saturated carbocycles. The molecule has 38 heavy (non-hydrogen) atoms. The minimum Gasteiger partial charge on any atom is -0.496 e. The lowest BCUT2D eigenvalue weighted by Gasteiger charge is -2.23. The average molecular weight is 547 g/mol. The van der Waals surface area contributed by atoms with E-state index in [9.17, 15) is 28.7 Å². The number of carbonyl (C=O) groups is 2. The first kappa shape index (κ1) is 28.5. The number of amides is 1. The second-order valence-corrected chi connectivity index (χ2v) is 9.33. The highest BCUT2D eigenvalue weighted by Crippen LogP contribution is 2.33. The van der Waals surface area contributed by atoms with Crippen LogP contribution in [0.4, 0.5) is 4.39 Å². The summed E-state index contributed by atoms with van der Waals surface area (Å²) in [7, 11) is 1.38. The lowest BCUT2D eigenvalue weighted by Crippen LogP contribution is -2.46. The number of fused-ring (bicyclic) bond motifs is 1. The van der Waals surface area contributed by atoms with Gasteiger partial charge in [0, 0.05) is 12.1 Å². The second-order valence-electron chi connectivity index (χ2n) is 8.33. The Kier molecular flexibility index (Phi) is 9.03. The molecule has 0 saturated heterocycles. The number of benzene rings is 1. The smallest absolute Gasteiger partial charge is 0.346 e. The Labute approximate surface area is 220 Å². The zero-order valence-corrected chi connectivity index (χ0v) is 22.1. The van der Waals surface area contributed by atoms with Gasteiger partial charge in [-0.15, -0.1) is 11.3 Å². The van der Waals surface area contributed by atoms with Gasteiger partial charge in [0.1, 0.15) is 33.4 Å². The highest BCUT2D eigenvalue weighted by molar-refractivity contribution is 7.20. The molecule has 0 bridgehead atoms. The van der Waals surface area contributed by atoms with Crippen LogP contribution in [0, 0.1) is 24.1 Å². The molecule has 0 spiro atoms. The van der Waals surface area contributed by atoms with Crippen molar-refractivity contribution >= 4 is 33.4 Å². The van der Waals surface area contributed by atoms with E-state index in [0.29, 0.717) is 0 Å². The van der Waals surface area contributed by atoms with Crippen LogP contribution in [0.15, 0.2) is 27.8 Å². The van der Waals surface area contributed by atoms with Crippen molar-refractivity contribution in [2.45, 2.75) is 45.9 Å². The monoisotopic (exact) mass is 546 g/mol. The van der Waals surface area contributed by atoms with Gasteiger partial charge in [0.25, 0.3) is 5.56 Å². The number of methoxy groups -OCH3 is 1. The number of rotatable bonds is 11. The molecule has 11 nitrogen and oxygen atoms in total. The lowest BCUT2D eigenvalue weighted by molar-refractivity contribution is -0.123. The van der Waals surface area contributed by atoms with Crippen molar-refractivity contribution in [1.82, 2.24) is 14.5 Å². The van der Waals surface area contributed by atoms with Crippen LogP contribution < -0.4 is 21.3 Å². The molecule has 0 aliphatic carbocycles. The van der Waals surface area contributed by atoms with Gasteiger partial charge < -0.3 is 19.9 Å². The van der Waals surface area contributed by atoms with E-state index < -0.39 is 41.1 Å². The van der Waals surface area contributed by atoms with Crippen molar-refractivity contribution in [1.29, 1.82) is 5.26 Å². The number of nitrogens with one attached hydrogen (secondary N) is 1. The number of aryl methyl sites for hydroxylation is 1. The summed E-state index contributed by atoms with van der Waals surface area (Å²) in [6.07, 6.45) is -1.02. The zero-order valence-electron chi connectivity index (χ0n) is 21.2. The number of thiophene rings is 1. The molecule has 0 unspecified atom stereocenters. The van der Waals surface area contributed by atoms with Gasteiger partial charge in [-0.1, -0.05) is 0 Å². The number of carboxylic acid groups (broad SMARTS) is 1. The van der Waals surface area contributed by atoms with Crippen LogP contribution in [-0.4, -0.2) is 46.4 Å². The summed E-state index contributed by atoms with van der Waals surface area (Å²) in [6.45, 7) is 4.45. The van der Waals surface area contributed by atoms with E-state index in [1.165, 1.54) is 39.2 Å².